The lowest BCUT2D eigenvalue weighted by Gasteiger charge is -2.29. The maximum Gasteiger partial charge on any atom is 0.267 e. The highest BCUT2D eigenvalue weighted by Crippen LogP contribution is 2.32. The summed E-state index contributed by atoms with van der Waals surface area (Å²) >= 11 is 0. The number of hydrogen-bond acceptors (Lipinski definition) is 5. The molecule has 3 aromatic rings. The van der Waals surface area contributed by atoms with Crippen LogP contribution in [-0.2, 0) is 4.79 Å². The van der Waals surface area contributed by atoms with E-state index in [0.717, 1.165) is 30.9 Å². The molecule has 1 aromatic heterocycles. The van der Waals surface area contributed by atoms with Crippen molar-refractivity contribution < 1.29 is 10.0 Å². The van der Waals surface area contributed by atoms with Gasteiger partial charge in [0.1, 0.15) is 5.82 Å². The van der Waals surface area contributed by atoms with Crippen molar-refractivity contribution in [2.75, 3.05) is 18.4 Å². The second kappa shape index (κ2) is 13.0. The summed E-state index contributed by atoms with van der Waals surface area (Å²) in [6.07, 6.45) is 5.60. The number of amides is 1. The van der Waals surface area contributed by atoms with Gasteiger partial charge in [0.15, 0.2) is 0 Å². The number of anilines is 1. The first-order chi connectivity index (χ1) is 15.2. The fraction of sp³-hybridized carbons (Fsp3) is 0.200. The van der Waals surface area contributed by atoms with Gasteiger partial charge in [0.25, 0.3) is 5.91 Å². The van der Waals surface area contributed by atoms with E-state index in [2.05, 4.69) is 75.9 Å². The number of hydrogen-bond donors (Lipinski definition) is 3. The molecular weight excluding hydrogens is 459 g/mol. The molecule has 0 bridgehead atoms. The maximum absolute atomic E-state index is 11.1. The van der Waals surface area contributed by atoms with Crippen LogP contribution in [0.25, 0.3) is 6.08 Å². The second-order valence-corrected chi connectivity index (χ2v) is 7.63. The third-order valence-electron chi connectivity index (χ3n) is 5.49. The van der Waals surface area contributed by atoms with Crippen LogP contribution in [0.4, 0.5) is 5.82 Å². The number of carbonyl (C=O) groups is 1. The Morgan fingerprint density at radius 3 is 2.18 bits per heavy atom. The standard InChI is InChI=1S/C25H26N4O2.2ClH/c30-24(28-31)14-12-19-11-13-23(26-17-19)27-22-15-16-29(18-22)25(20-7-3-1-4-8-20)21-9-5-2-6-10-21;;/h1-14,17,22,25,31H,15-16,18H2,(H,26,27)(H,28,30);2*1H/t22-;;/m1../s1. The molecule has 0 aliphatic carbocycles. The van der Waals surface area contributed by atoms with Crippen LogP contribution in [0.5, 0.6) is 0 Å². The predicted octanol–water partition coefficient (Wildman–Crippen LogP) is 4.72. The van der Waals surface area contributed by atoms with E-state index in [-0.39, 0.29) is 30.9 Å². The molecule has 4 rings (SSSR count). The minimum atomic E-state index is -0.570. The van der Waals surface area contributed by atoms with Gasteiger partial charge in [0.2, 0.25) is 0 Å². The van der Waals surface area contributed by atoms with E-state index in [9.17, 15) is 4.79 Å². The number of rotatable bonds is 7. The number of nitrogens with one attached hydrogen (secondary N) is 2. The minimum Gasteiger partial charge on any atom is -0.366 e. The fourth-order valence-corrected chi connectivity index (χ4v) is 4.03. The Labute approximate surface area is 206 Å². The zero-order valence-electron chi connectivity index (χ0n) is 18.0. The SMILES string of the molecule is Cl.Cl.O=C(C=Cc1ccc(N[C@@H]2CCN(C(c3ccccc3)c3ccccc3)C2)nc1)NO. The van der Waals surface area contributed by atoms with Crippen LogP contribution in [0.3, 0.4) is 0 Å². The predicted molar refractivity (Wildman–Crippen MR) is 136 cm³/mol. The van der Waals surface area contributed by atoms with E-state index < -0.39 is 5.91 Å². The van der Waals surface area contributed by atoms with Crippen molar-refractivity contribution in [3.05, 3.63) is 102 Å². The Balaban J connectivity index is 0.00000193. The van der Waals surface area contributed by atoms with Crippen LogP contribution in [-0.4, -0.2) is 40.1 Å². The average Bonchev–Trinajstić information content (AvgIpc) is 3.27. The fourth-order valence-electron chi connectivity index (χ4n) is 4.03. The third-order valence-corrected chi connectivity index (χ3v) is 5.49. The summed E-state index contributed by atoms with van der Waals surface area (Å²) < 4.78 is 0. The van der Waals surface area contributed by atoms with Gasteiger partial charge in [0.05, 0.1) is 6.04 Å². The molecule has 0 saturated carbocycles. The zero-order chi connectivity index (χ0) is 21.5. The van der Waals surface area contributed by atoms with E-state index in [0.29, 0.717) is 6.04 Å². The number of pyridine rings is 1. The molecule has 3 N–H and O–H groups in total. The van der Waals surface area contributed by atoms with Crippen molar-refractivity contribution in [1.29, 1.82) is 0 Å². The number of nitrogens with zero attached hydrogens (tertiary/aromatic N) is 2. The summed E-state index contributed by atoms with van der Waals surface area (Å²) in [4.78, 5) is 18.1. The van der Waals surface area contributed by atoms with Crippen LogP contribution in [0.1, 0.15) is 29.2 Å². The van der Waals surface area contributed by atoms with Gasteiger partial charge >= 0.3 is 0 Å². The van der Waals surface area contributed by atoms with Crippen LogP contribution in [0, 0.1) is 0 Å². The van der Waals surface area contributed by atoms with Crippen LogP contribution < -0.4 is 10.8 Å². The van der Waals surface area contributed by atoms with Crippen LogP contribution in [0.2, 0.25) is 0 Å². The van der Waals surface area contributed by atoms with Gasteiger partial charge < -0.3 is 5.32 Å². The second-order valence-electron chi connectivity index (χ2n) is 7.63. The summed E-state index contributed by atoms with van der Waals surface area (Å²) in [5.74, 6) is 0.242. The molecule has 1 amide bonds. The van der Waals surface area contributed by atoms with Gasteiger partial charge in [-0.15, -0.1) is 24.8 Å². The highest BCUT2D eigenvalue weighted by atomic mass is 35.5. The Bertz CT molecular complexity index is 978. The first-order valence-electron chi connectivity index (χ1n) is 10.4. The van der Waals surface area contributed by atoms with Crippen molar-refractivity contribution in [1.82, 2.24) is 15.4 Å². The minimum absolute atomic E-state index is 0. The first kappa shape index (κ1) is 26.4. The number of carbonyl (C=O) groups excluding carboxylic acids is 1. The number of halogens is 2. The molecule has 2 heterocycles. The lowest BCUT2D eigenvalue weighted by molar-refractivity contribution is -0.124. The summed E-state index contributed by atoms with van der Waals surface area (Å²) in [5.41, 5.74) is 4.96. The highest BCUT2D eigenvalue weighted by molar-refractivity contribution is 5.90. The van der Waals surface area contributed by atoms with E-state index in [1.807, 2.05) is 12.1 Å². The number of benzene rings is 2. The average molecular weight is 487 g/mol. The van der Waals surface area contributed by atoms with Gasteiger partial charge in [0, 0.05) is 31.4 Å². The molecular formula is C25H28Cl2N4O2. The molecule has 0 spiro atoms. The highest BCUT2D eigenvalue weighted by Gasteiger charge is 2.30. The Kier molecular flexibility index (Phi) is 10.4. The number of hydroxylamine groups is 1. The molecule has 1 aliphatic rings. The topological polar surface area (TPSA) is 77.5 Å². The number of likely N-dealkylation sites (tertiary alicyclic amines) is 1. The van der Waals surface area contributed by atoms with Crippen molar-refractivity contribution in [3.8, 4) is 0 Å². The maximum atomic E-state index is 11.1. The van der Waals surface area contributed by atoms with E-state index >= 15 is 0 Å². The first-order valence-corrected chi connectivity index (χ1v) is 10.4. The van der Waals surface area contributed by atoms with Crippen molar-refractivity contribution >= 4 is 42.6 Å². The number of aromatic nitrogens is 1. The summed E-state index contributed by atoms with van der Waals surface area (Å²) in [6, 6.07) is 25.6. The van der Waals surface area contributed by atoms with Gasteiger partial charge in [-0.25, -0.2) is 10.5 Å². The summed E-state index contributed by atoms with van der Waals surface area (Å²) in [7, 11) is 0. The molecule has 174 valence electrons. The van der Waals surface area contributed by atoms with Crippen molar-refractivity contribution in [2.45, 2.75) is 18.5 Å². The Hall–Kier alpha value is -2.90. The third kappa shape index (κ3) is 7.04. The van der Waals surface area contributed by atoms with Crippen molar-refractivity contribution in [2.24, 2.45) is 0 Å². The quantitative estimate of drug-likeness (QED) is 0.256. The summed E-state index contributed by atoms with van der Waals surface area (Å²) in [5, 5.41) is 12.1. The molecule has 0 radical (unpaired) electrons. The van der Waals surface area contributed by atoms with Gasteiger partial charge in [-0.2, -0.15) is 0 Å². The van der Waals surface area contributed by atoms with Crippen molar-refractivity contribution in [3.63, 3.8) is 0 Å². The smallest absolute Gasteiger partial charge is 0.267 e. The lowest BCUT2D eigenvalue weighted by Crippen LogP contribution is -2.30. The molecule has 1 saturated heterocycles. The molecule has 1 atom stereocenters. The van der Waals surface area contributed by atoms with Gasteiger partial charge in [-0.1, -0.05) is 60.7 Å². The molecule has 0 unspecified atom stereocenters. The molecule has 8 heteroatoms. The van der Waals surface area contributed by atoms with E-state index in [1.54, 1.807) is 17.8 Å². The molecule has 33 heavy (non-hydrogen) atoms. The van der Waals surface area contributed by atoms with Crippen LogP contribution in [0.15, 0.2) is 85.1 Å². The Morgan fingerprint density at radius 1 is 1.00 bits per heavy atom. The molecule has 6 nitrogen and oxygen atoms in total. The molecule has 2 aromatic carbocycles. The van der Waals surface area contributed by atoms with Gasteiger partial charge in [-0.3, -0.25) is 14.9 Å². The normalized spacial score (nSPS) is 15.6. The van der Waals surface area contributed by atoms with Crippen LogP contribution >= 0.6 is 24.8 Å². The summed E-state index contributed by atoms with van der Waals surface area (Å²) in [6.45, 7) is 1.93. The molecule has 1 fully saturated rings. The van der Waals surface area contributed by atoms with E-state index in [1.165, 1.54) is 17.2 Å². The zero-order valence-corrected chi connectivity index (χ0v) is 19.6. The monoisotopic (exact) mass is 486 g/mol. The Morgan fingerprint density at radius 2 is 1.64 bits per heavy atom. The molecule has 1 aliphatic heterocycles. The lowest BCUT2D eigenvalue weighted by atomic mass is 9.97. The van der Waals surface area contributed by atoms with E-state index in [4.69, 9.17) is 5.21 Å². The largest absolute Gasteiger partial charge is 0.366 e. The van der Waals surface area contributed by atoms with Gasteiger partial charge in [-0.05, 0) is 41.3 Å².